The summed E-state index contributed by atoms with van der Waals surface area (Å²) in [7, 11) is 3.12. The minimum absolute atomic E-state index is 0.132. The smallest absolute Gasteiger partial charge is 0.239 e. The van der Waals surface area contributed by atoms with Gasteiger partial charge in [-0.05, 0) is 0 Å². The topological polar surface area (TPSA) is 88.7 Å². The fraction of sp³-hybridized carbons (Fsp3) is 0.714. The van der Waals surface area contributed by atoms with E-state index in [2.05, 4.69) is 15.6 Å². The van der Waals surface area contributed by atoms with Gasteiger partial charge in [0.1, 0.15) is 0 Å². The third-order valence-corrected chi connectivity index (χ3v) is 1.30. The van der Waals surface area contributed by atoms with E-state index in [0.29, 0.717) is 13.2 Å². The number of carbonyl (C=O) groups excluding carboxylic acids is 1. The van der Waals surface area contributed by atoms with Crippen LogP contribution in [0.15, 0.2) is 4.99 Å². The molecule has 0 aliphatic heterocycles. The van der Waals surface area contributed by atoms with Crippen molar-refractivity contribution in [2.24, 2.45) is 10.7 Å². The Kier molecular flexibility index (Phi) is 6.62. The molecule has 76 valence electrons. The lowest BCUT2D eigenvalue weighted by molar-refractivity contribution is -0.120. The van der Waals surface area contributed by atoms with Gasteiger partial charge in [-0.25, -0.2) is 0 Å². The number of guanidine groups is 1. The number of ether oxygens (including phenoxy) is 1. The van der Waals surface area contributed by atoms with E-state index in [1.807, 2.05) is 0 Å². The highest BCUT2D eigenvalue weighted by Gasteiger charge is 1.99. The highest BCUT2D eigenvalue weighted by atomic mass is 16.5. The standard InChI is InChI=1S/C7H16N4O2/c1-9-7(8)11-5-6(12)10-3-4-13-2/h3-5H2,1-2H3,(H,10,12)(H3,8,9,11). The van der Waals surface area contributed by atoms with Crippen LogP contribution in [0.4, 0.5) is 0 Å². The molecule has 0 saturated carbocycles. The van der Waals surface area contributed by atoms with Crippen LogP contribution in [0.5, 0.6) is 0 Å². The van der Waals surface area contributed by atoms with Crippen molar-refractivity contribution in [1.82, 2.24) is 10.6 Å². The zero-order valence-electron chi connectivity index (χ0n) is 7.96. The Labute approximate surface area is 77.5 Å². The van der Waals surface area contributed by atoms with E-state index in [1.165, 1.54) is 0 Å². The van der Waals surface area contributed by atoms with Crippen LogP contribution in [0.2, 0.25) is 0 Å². The number of nitrogens with zero attached hydrogens (tertiary/aromatic N) is 1. The molecule has 0 aromatic carbocycles. The van der Waals surface area contributed by atoms with Crippen molar-refractivity contribution >= 4 is 11.9 Å². The molecule has 13 heavy (non-hydrogen) atoms. The second-order valence-corrected chi connectivity index (χ2v) is 2.31. The summed E-state index contributed by atoms with van der Waals surface area (Å²) >= 11 is 0. The predicted octanol–water partition coefficient (Wildman–Crippen LogP) is -1.72. The Bertz CT molecular complexity index is 181. The van der Waals surface area contributed by atoms with Crippen molar-refractivity contribution in [3.63, 3.8) is 0 Å². The highest BCUT2D eigenvalue weighted by Crippen LogP contribution is 1.67. The summed E-state index contributed by atoms with van der Waals surface area (Å²) in [4.78, 5) is 14.6. The molecule has 6 heteroatoms. The number of amides is 1. The summed E-state index contributed by atoms with van der Waals surface area (Å²) in [6, 6.07) is 0. The van der Waals surface area contributed by atoms with E-state index in [-0.39, 0.29) is 18.4 Å². The van der Waals surface area contributed by atoms with E-state index in [4.69, 9.17) is 10.5 Å². The number of nitrogens with two attached hydrogens (primary N) is 1. The predicted molar refractivity (Wildman–Crippen MR) is 50.4 cm³/mol. The van der Waals surface area contributed by atoms with Gasteiger partial charge < -0.3 is 21.1 Å². The SMILES string of the molecule is CN=C(N)NCC(=O)NCCOC. The highest BCUT2D eigenvalue weighted by molar-refractivity contribution is 5.85. The molecule has 0 aliphatic rings. The summed E-state index contributed by atoms with van der Waals surface area (Å²) in [5.74, 6) is 0.116. The Balaban J connectivity index is 3.41. The lowest BCUT2D eigenvalue weighted by Gasteiger charge is -2.05. The molecular weight excluding hydrogens is 172 g/mol. The summed E-state index contributed by atoms with van der Waals surface area (Å²) in [6.45, 7) is 1.14. The van der Waals surface area contributed by atoms with Crippen molar-refractivity contribution in [2.75, 3.05) is 33.9 Å². The summed E-state index contributed by atoms with van der Waals surface area (Å²) in [5.41, 5.74) is 5.31. The molecular formula is C7H16N4O2. The fourth-order valence-corrected chi connectivity index (χ4v) is 0.605. The first-order valence-corrected chi connectivity index (χ1v) is 3.92. The molecule has 0 radical (unpaired) electrons. The second kappa shape index (κ2) is 7.35. The average Bonchev–Trinajstić information content (AvgIpc) is 2.14. The largest absolute Gasteiger partial charge is 0.383 e. The molecule has 0 fully saturated rings. The number of aliphatic imine (C=N–C) groups is 1. The molecule has 0 spiro atoms. The van der Waals surface area contributed by atoms with E-state index in [0.717, 1.165) is 0 Å². The second-order valence-electron chi connectivity index (χ2n) is 2.31. The number of nitrogens with one attached hydrogen (secondary N) is 2. The van der Waals surface area contributed by atoms with Crippen LogP contribution in [-0.2, 0) is 9.53 Å². The number of methoxy groups -OCH3 is 1. The normalized spacial score (nSPS) is 11.1. The van der Waals surface area contributed by atoms with Crippen LogP contribution < -0.4 is 16.4 Å². The van der Waals surface area contributed by atoms with Gasteiger partial charge in [0.25, 0.3) is 0 Å². The van der Waals surface area contributed by atoms with E-state index in [9.17, 15) is 4.79 Å². The van der Waals surface area contributed by atoms with E-state index < -0.39 is 0 Å². The Hall–Kier alpha value is -1.30. The van der Waals surface area contributed by atoms with Gasteiger partial charge in [0.05, 0.1) is 13.2 Å². The van der Waals surface area contributed by atoms with Crippen LogP contribution in [-0.4, -0.2) is 45.7 Å². The number of hydrogen-bond acceptors (Lipinski definition) is 3. The van der Waals surface area contributed by atoms with Crippen LogP contribution in [0.3, 0.4) is 0 Å². The molecule has 0 aromatic rings. The molecule has 0 aromatic heterocycles. The van der Waals surface area contributed by atoms with Gasteiger partial charge in [-0.15, -0.1) is 0 Å². The van der Waals surface area contributed by atoms with Gasteiger partial charge >= 0.3 is 0 Å². The summed E-state index contributed by atoms with van der Waals surface area (Å²) in [6.07, 6.45) is 0. The Morgan fingerprint density at radius 1 is 1.54 bits per heavy atom. The molecule has 0 bridgehead atoms. The molecule has 0 aliphatic carbocycles. The molecule has 4 N–H and O–H groups in total. The van der Waals surface area contributed by atoms with Gasteiger partial charge in [-0.1, -0.05) is 0 Å². The first-order chi connectivity index (χ1) is 6.20. The number of hydrogen-bond donors (Lipinski definition) is 3. The first-order valence-electron chi connectivity index (χ1n) is 3.92. The summed E-state index contributed by atoms with van der Waals surface area (Å²) in [5, 5.41) is 5.26. The summed E-state index contributed by atoms with van der Waals surface area (Å²) < 4.78 is 4.76. The molecule has 0 heterocycles. The van der Waals surface area contributed by atoms with Crippen LogP contribution in [0, 0.1) is 0 Å². The van der Waals surface area contributed by atoms with Crippen molar-refractivity contribution in [2.45, 2.75) is 0 Å². The van der Waals surface area contributed by atoms with Gasteiger partial charge in [0, 0.05) is 20.7 Å². The third-order valence-electron chi connectivity index (χ3n) is 1.30. The van der Waals surface area contributed by atoms with Crippen LogP contribution in [0.25, 0.3) is 0 Å². The first kappa shape index (κ1) is 11.7. The van der Waals surface area contributed by atoms with Gasteiger partial charge in [-0.3, -0.25) is 9.79 Å². The van der Waals surface area contributed by atoms with Crippen molar-refractivity contribution in [3.8, 4) is 0 Å². The molecule has 0 atom stereocenters. The molecule has 1 amide bonds. The zero-order chi connectivity index (χ0) is 10.1. The molecule has 0 rings (SSSR count). The average molecular weight is 188 g/mol. The molecule has 6 nitrogen and oxygen atoms in total. The Morgan fingerprint density at radius 2 is 2.23 bits per heavy atom. The lowest BCUT2D eigenvalue weighted by atomic mass is 10.5. The van der Waals surface area contributed by atoms with Crippen molar-refractivity contribution < 1.29 is 9.53 Å². The minimum Gasteiger partial charge on any atom is -0.383 e. The maximum absolute atomic E-state index is 11.0. The quantitative estimate of drug-likeness (QED) is 0.272. The van der Waals surface area contributed by atoms with Crippen LogP contribution >= 0.6 is 0 Å². The molecule has 0 saturated heterocycles. The Morgan fingerprint density at radius 3 is 2.77 bits per heavy atom. The minimum atomic E-state index is -0.136. The van der Waals surface area contributed by atoms with Gasteiger partial charge in [0.15, 0.2) is 5.96 Å². The number of rotatable bonds is 5. The zero-order valence-corrected chi connectivity index (χ0v) is 7.96. The third kappa shape index (κ3) is 7.07. The van der Waals surface area contributed by atoms with Gasteiger partial charge in [-0.2, -0.15) is 0 Å². The van der Waals surface area contributed by atoms with Gasteiger partial charge in [0.2, 0.25) is 5.91 Å². The van der Waals surface area contributed by atoms with Crippen molar-refractivity contribution in [1.29, 1.82) is 0 Å². The monoisotopic (exact) mass is 188 g/mol. The fourth-order valence-electron chi connectivity index (χ4n) is 0.605. The van der Waals surface area contributed by atoms with E-state index >= 15 is 0 Å². The maximum Gasteiger partial charge on any atom is 0.239 e. The van der Waals surface area contributed by atoms with Crippen molar-refractivity contribution in [3.05, 3.63) is 0 Å². The number of carbonyl (C=O) groups is 1. The molecule has 0 unspecified atom stereocenters. The maximum atomic E-state index is 11.0. The lowest BCUT2D eigenvalue weighted by Crippen LogP contribution is -2.41. The van der Waals surface area contributed by atoms with Crippen LogP contribution in [0.1, 0.15) is 0 Å². The van der Waals surface area contributed by atoms with E-state index in [1.54, 1.807) is 14.2 Å².